The van der Waals surface area contributed by atoms with E-state index in [-0.39, 0.29) is 23.6 Å². The Balaban J connectivity index is 0.00000196. The van der Waals surface area contributed by atoms with E-state index >= 15 is 0 Å². The number of halogens is 1. The smallest absolute Gasteiger partial charge is 0.225 e. The molecule has 0 aromatic carbocycles. The van der Waals surface area contributed by atoms with E-state index in [4.69, 9.17) is 0 Å². The Hall–Kier alpha value is -0.410. The van der Waals surface area contributed by atoms with E-state index < -0.39 is 0 Å². The molecule has 0 saturated heterocycles. The van der Waals surface area contributed by atoms with Crippen molar-refractivity contribution >= 4 is 17.1 Å². The fourth-order valence-corrected chi connectivity index (χ4v) is 1.86. The SMILES string of the molecule is Cc1sc[n+](CC(=O)C(C)(C)C)c1C.[Cl-]. The van der Waals surface area contributed by atoms with Gasteiger partial charge < -0.3 is 12.4 Å². The Morgan fingerprint density at radius 1 is 1.40 bits per heavy atom. The molecule has 0 aliphatic heterocycles. The molecule has 0 radical (unpaired) electrons. The number of Topliss-reactive ketones (excluding diaryl/α,β-unsaturated/α-hetero) is 1. The summed E-state index contributed by atoms with van der Waals surface area (Å²) in [6, 6.07) is 0. The highest BCUT2D eigenvalue weighted by Crippen LogP contribution is 2.15. The number of carbonyl (C=O) groups is 1. The van der Waals surface area contributed by atoms with Gasteiger partial charge in [0.25, 0.3) is 0 Å². The van der Waals surface area contributed by atoms with E-state index in [1.165, 1.54) is 10.6 Å². The van der Waals surface area contributed by atoms with Crippen molar-refractivity contribution in [2.24, 2.45) is 5.41 Å². The van der Waals surface area contributed by atoms with Crippen LogP contribution in [0, 0.1) is 19.3 Å². The van der Waals surface area contributed by atoms with Crippen molar-refractivity contribution in [2.45, 2.75) is 41.2 Å². The van der Waals surface area contributed by atoms with Gasteiger partial charge >= 0.3 is 0 Å². The summed E-state index contributed by atoms with van der Waals surface area (Å²) in [5, 5.41) is 0. The molecule has 1 rings (SSSR count). The molecule has 0 N–H and O–H groups in total. The third-order valence-electron chi connectivity index (χ3n) is 2.45. The molecule has 0 saturated carbocycles. The van der Waals surface area contributed by atoms with Crippen LogP contribution in [0.15, 0.2) is 5.51 Å². The molecule has 0 aliphatic rings. The molecule has 0 bridgehead atoms. The maximum Gasteiger partial charge on any atom is 0.225 e. The lowest BCUT2D eigenvalue weighted by Crippen LogP contribution is -3.00. The minimum absolute atomic E-state index is 0. The lowest BCUT2D eigenvalue weighted by molar-refractivity contribution is -0.686. The molecule has 4 heteroatoms. The van der Waals surface area contributed by atoms with Crippen LogP contribution in [0.2, 0.25) is 0 Å². The normalized spacial score (nSPS) is 11.0. The van der Waals surface area contributed by atoms with Gasteiger partial charge in [0.1, 0.15) is 0 Å². The first-order valence-electron chi connectivity index (χ1n) is 4.80. The highest BCUT2D eigenvalue weighted by Gasteiger charge is 2.26. The van der Waals surface area contributed by atoms with Crippen LogP contribution in [-0.2, 0) is 11.3 Å². The Labute approximate surface area is 102 Å². The van der Waals surface area contributed by atoms with Crippen LogP contribution in [-0.4, -0.2) is 5.78 Å². The number of ketones is 1. The fraction of sp³-hybridized carbons (Fsp3) is 0.636. The molecule has 1 aromatic heterocycles. The van der Waals surface area contributed by atoms with Gasteiger partial charge in [-0.15, -0.1) is 0 Å². The minimum atomic E-state index is -0.241. The average molecular weight is 248 g/mol. The summed E-state index contributed by atoms with van der Waals surface area (Å²) in [6.07, 6.45) is 0. The summed E-state index contributed by atoms with van der Waals surface area (Å²) in [4.78, 5) is 13.1. The molecule has 2 nitrogen and oxygen atoms in total. The molecule has 0 atom stereocenters. The second-order valence-corrected chi connectivity index (χ2v) is 5.72. The lowest BCUT2D eigenvalue weighted by Gasteiger charge is -2.13. The summed E-state index contributed by atoms with van der Waals surface area (Å²) in [5.74, 6) is 0.281. The molecule has 1 heterocycles. The number of rotatable bonds is 2. The van der Waals surface area contributed by atoms with E-state index in [2.05, 4.69) is 13.8 Å². The Morgan fingerprint density at radius 3 is 2.27 bits per heavy atom. The van der Waals surface area contributed by atoms with Gasteiger partial charge in [-0.1, -0.05) is 32.1 Å². The van der Waals surface area contributed by atoms with Crippen molar-refractivity contribution in [2.75, 3.05) is 0 Å². The van der Waals surface area contributed by atoms with Crippen molar-refractivity contribution in [1.29, 1.82) is 0 Å². The Kier molecular flexibility index (Phi) is 4.94. The van der Waals surface area contributed by atoms with Gasteiger partial charge in [-0.25, -0.2) is 0 Å². The van der Waals surface area contributed by atoms with Gasteiger partial charge in [0, 0.05) is 12.3 Å². The van der Waals surface area contributed by atoms with Gasteiger partial charge in [0.15, 0.2) is 5.69 Å². The second-order valence-electron chi connectivity index (χ2n) is 4.67. The predicted octanol–water partition coefficient (Wildman–Crippen LogP) is -0.728. The molecule has 0 amide bonds. The van der Waals surface area contributed by atoms with Crippen molar-refractivity contribution < 1.29 is 21.8 Å². The van der Waals surface area contributed by atoms with Crippen LogP contribution < -0.4 is 17.0 Å². The maximum atomic E-state index is 11.8. The standard InChI is InChI=1S/C11H18NOS.ClH/c1-8-9(2)14-7-12(8)6-10(13)11(3,4)5;/h7H,6H2,1-5H3;1H/q+1;/p-1. The van der Waals surface area contributed by atoms with Crippen LogP contribution in [0.1, 0.15) is 31.3 Å². The summed E-state index contributed by atoms with van der Waals surface area (Å²) in [7, 11) is 0. The quantitative estimate of drug-likeness (QED) is 0.632. The highest BCUT2D eigenvalue weighted by molar-refractivity contribution is 7.09. The third-order valence-corrected chi connectivity index (χ3v) is 3.46. The van der Waals surface area contributed by atoms with Gasteiger partial charge in [0.2, 0.25) is 17.8 Å². The minimum Gasteiger partial charge on any atom is -1.00 e. The topological polar surface area (TPSA) is 20.9 Å². The molecular weight excluding hydrogens is 230 g/mol. The highest BCUT2D eigenvalue weighted by atomic mass is 35.5. The predicted molar refractivity (Wildman–Crippen MR) is 58.5 cm³/mol. The van der Waals surface area contributed by atoms with Gasteiger partial charge in [-0.05, 0) is 6.92 Å². The van der Waals surface area contributed by atoms with E-state index in [9.17, 15) is 4.79 Å². The Bertz CT molecular complexity index is 352. The van der Waals surface area contributed by atoms with Crippen LogP contribution in [0.3, 0.4) is 0 Å². The molecule has 0 aliphatic carbocycles. The summed E-state index contributed by atoms with van der Waals surface area (Å²) in [5.41, 5.74) is 2.98. The van der Waals surface area contributed by atoms with Crippen LogP contribution in [0.4, 0.5) is 0 Å². The third kappa shape index (κ3) is 3.58. The molecule has 15 heavy (non-hydrogen) atoms. The molecule has 0 spiro atoms. The number of hydrogen-bond acceptors (Lipinski definition) is 2. The van der Waals surface area contributed by atoms with E-state index in [0.29, 0.717) is 6.54 Å². The van der Waals surface area contributed by atoms with Crippen molar-refractivity contribution in [3.8, 4) is 0 Å². The molecule has 86 valence electrons. The number of thiazole rings is 1. The Morgan fingerprint density at radius 2 is 1.93 bits per heavy atom. The van der Waals surface area contributed by atoms with Crippen molar-refractivity contribution in [3.05, 3.63) is 16.1 Å². The van der Waals surface area contributed by atoms with Gasteiger partial charge in [-0.3, -0.25) is 4.79 Å². The van der Waals surface area contributed by atoms with E-state index in [0.717, 1.165) is 0 Å². The number of hydrogen-bond donors (Lipinski definition) is 0. The number of nitrogens with zero attached hydrogens (tertiary/aromatic N) is 1. The largest absolute Gasteiger partial charge is 1.00 e. The van der Waals surface area contributed by atoms with Crippen molar-refractivity contribution in [3.63, 3.8) is 0 Å². The van der Waals surface area contributed by atoms with Gasteiger partial charge in [-0.2, -0.15) is 4.57 Å². The van der Waals surface area contributed by atoms with E-state index in [1.807, 2.05) is 30.8 Å². The number of carbonyl (C=O) groups excluding carboxylic acids is 1. The van der Waals surface area contributed by atoms with Crippen molar-refractivity contribution in [1.82, 2.24) is 0 Å². The fourth-order valence-electron chi connectivity index (χ4n) is 1.06. The zero-order chi connectivity index (χ0) is 10.9. The first-order chi connectivity index (χ1) is 6.32. The molecule has 0 fully saturated rings. The molecular formula is C11H18ClNOS. The van der Waals surface area contributed by atoms with Crippen LogP contribution >= 0.6 is 11.3 Å². The van der Waals surface area contributed by atoms with Gasteiger partial charge in [0.05, 0.1) is 4.88 Å². The monoisotopic (exact) mass is 247 g/mol. The van der Waals surface area contributed by atoms with Crippen LogP contribution in [0.5, 0.6) is 0 Å². The summed E-state index contributed by atoms with van der Waals surface area (Å²) >= 11 is 1.69. The first kappa shape index (κ1) is 14.6. The molecule has 1 aromatic rings. The second kappa shape index (κ2) is 5.08. The first-order valence-corrected chi connectivity index (χ1v) is 5.68. The van der Waals surface area contributed by atoms with E-state index in [1.54, 1.807) is 11.3 Å². The molecule has 0 unspecified atom stereocenters. The lowest BCUT2D eigenvalue weighted by atomic mass is 9.91. The summed E-state index contributed by atoms with van der Waals surface area (Å²) in [6.45, 7) is 10.5. The maximum absolute atomic E-state index is 11.8. The average Bonchev–Trinajstić information content (AvgIpc) is 2.34. The van der Waals surface area contributed by atoms with Crippen LogP contribution in [0.25, 0.3) is 0 Å². The zero-order valence-corrected chi connectivity index (χ0v) is 11.5. The summed E-state index contributed by atoms with van der Waals surface area (Å²) < 4.78 is 2.04. The number of aromatic nitrogens is 1. The number of aryl methyl sites for hydroxylation is 1. The zero-order valence-electron chi connectivity index (χ0n) is 9.93.